The topological polar surface area (TPSA) is 36.3 Å². The molecule has 1 heterocycles. The lowest BCUT2D eigenvalue weighted by Crippen LogP contribution is -2.02. The molecular formula is C12H13ClN2O2S. The zero-order chi connectivity index (χ0) is 13.1. The number of nitrogens with zero attached hydrogens (tertiary/aromatic N) is 2. The quantitative estimate of drug-likeness (QED) is 0.808. The lowest BCUT2D eigenvalue weighted by Gasteiger charge is -2.15. The van der Waals surface area contributed by atoms with Crippen LogP contribution in [0.2, 0.25) is 5.02 Å². The summed E-state index contributed by atoms with van der Waals surface area (Å²) in [6.45, 7) is 0. The molecule has 2 rings (SSSR count). The molecule has 0 N–H and O–H groups in total. The number of halogens is 1. The maximum Gasteiger partial charge on any atom is 0.172 e. The molecule has 0 aliphatic rings. The van der Waals surface area contributed by atoms with Gasteiger partial charge in [0.1, 0.15) is 17.2 Å². The highest BCUT2D eigenvalue weighted by Crippen LogP contribution is 2.37. The van der Waals surface area contributed by atoms with E-state index in [0.29, 0.717) is 16.5 Å². The summed E-state index contributed by atoms with van der Waals surface area (Å²) in [7, 11) is 3.20. The Morgan fingerprint density at radius 2 is 1.83 bits per heavy atom. The minimum atomic E-state index is 0.568. The van der Waals surface area contributed by atoms with Crippen molar-refractivity contribution in [3.05, 3.63) is 29.5 Å². The van der Waals surface area contributed by atoms with E-state index in [0.717, 1.165) is 10.8 Å². The molecule has 18 heavy (non-hydrogen) atoms. The van der Waals surface area contributed by atoms with Gasteiger partial charge in [-0.2, -0.15) is 0 Å². The van der Waals surface area contributed by atoms with Crippen LogP contribution in [0.15, 0.2) is 29.7 Å². The molecule has 0 fully saturated rings. The van der Waals surface area contributed by atoms with Crippen LogP contribution in [0.5, 0.6) is 11.5 Å². The van der Waals surface area contributed by atoms with Gasteiger partial charge in [-0.15, -0.1) is 0 Å². The van der Waals surface area contributed by atoms with Crippen molar-refractivity contribution >= 4 is 23.4 Å². The van der Waals surface area contributed by atoms with Gasteiger partial charge in [0.15, 0.2) is 5.16 Å². The van der Waals surface area contributed by atoms with Crippen LogP contribution in [0, 0.1) is 0 Å². The van der Waals surface area contributed by atoms with Crippen molar-refractivity contribution in [3.8, 4) is 17.2 Å². The molecule has 0 spiro atoms. The fourth-order valence-electron chi connectivity index (χ4n) is 1.71. The Bertz CT molecular complexity index is 532. The smallest absolute Gasteiger partial charge is 0.172 e. The van der Waals surface area contributed by atoms with Gasteiger partial charge in [0.2, 0.25) is 0 Å². The summed E-state index contributed by atoms with van der Waals surface area (Å²) in [5.41, 5.74) is 0.797. The number of hydrogen-bond acceptors (Lipinski definition) is 4. The monoisotopic (exact) mass is 284 g/mol. The van der Waals surface area contributed by atoms with E-state index >= 15 is 0 Å². The molecule has 0 aliphatic heterocycles. The zero-order valence-corrected chi connectivity index (χ0v) is 11.9. The summed E-state index contributed by atoms with van der Waals surface area (Å²) in [6, 6.07) is 3.51. The summed E-state index contributed by atoms with van der Waals surface area (Å²) < 4.78 is 12.7. The Kier molecular flexibility index (Phi) is 4.04. The molecule has 1 aromatic heterocycles. The largest absolute Gasteiger partial charge is 0.494 e. The van der Waals surface area contributed by atoms with Gasteiger partial charge >= 0.3 is 0 Å². The molecule has 2 aromatic rings. The Hall–Kier alpha value is -1.33. The molecule has 0 amide bonds. The number of thioether (sulfide) groups is 1. The van der Waals surface area contributed by atoms with E-state index in [9.17, 15) is 0 Å². The van der Waals surface area contributed by atoms with E-state index in [2.05, 4.69) is 4.98 Å². The van der Waals surface area contributed by atoms with Crippen LogP contribution in [-0.2, 0) is 0 Å². The van der Waals surface area contributed by atoms with Crippen LogP contribution in [0.25, 0.3) is 5.69 Å². The molecule has 0 saturated heterocycles. The highest BCUT2D eigenvalue weighted by molar-refractivity contribution is 7.98. The summed E-state index contributed by atoms with van der Waals surface area (Å²) in [5.74, 6) is 1.29. The van der Waals surface area contributed by atoms with Gasteiger partial charge in [-0.05, 0) is 6.26 Å². The second-order valence-corrected chi connectivity index (χ2v) is 4.65. The number of aromatic nitrogens is 2. The molecule has 0 unspecified atom stereocenters. The standard InChI is InChI=1S/C12H13ClN2O2S/c1-16-9-6-8(13)7-10(17-2)11(9)15-5-4-14-12(15)18-3/h4-7H,1-3H3. The third-order valence-corrected chi connectivity index (χ3v) is 3.36. The molecule has 0 saturated carbocycles. The predicted octanol–water partition coefficient (Wildman–Crippen LogP) is 3.26. The molecule has 6 heteroatoms. The molecule has 1 aromatic carbocycles. The molecule has 4 nitrogen and oxygen atoms in total. The normalized spacial score (nSPS) is 10.4. The Balaban J connectivity index is 2.68. The maximum absolute atomic E-state index is 6.02. The minimum absolute atomic E-state index is 0.568. The number of hydrogen-bond donors (Lipinski definition) is 0. The second-order valence-electron chi connectivity index (χ2n) is 3.44. The van der Waals surface area contributed by atoms with Crippen molar-refractivity contribution in [1.29, 1.82) is 0 Å². The number of imidazole rings is 1. The highest BCUT2D eigenvalue weighted by Gasteiger charge is 2.16. The predicted molar refractivity (Wildman–Crippen MR) is 73.5 cm³/mol. The molecule has 0 atom stereocenters. The van der Waals surface area contributed by atoms with Crippen molar-refractivity contribution in [3.63, 3.8) is 0 Å². The Labute approximate surface area is 115 Å². The third kappa shape index (κ3) is 2.28. The maximum atomic E-state index is 6.02. The number of methoxy groups -OCH3 is 2. The van der Waals surface area contributed by atoms with Crippen molar-refractivity contribution in [2.45, 2.75) is 5.16 Å². The van der Waals surface area contributed by atoms with Gasteiger partial charge < -0.3 is 9.47 Å². The SMILES string of the molecule is COc1cc(Cl)cc(OC)c1-n1ccnc1SC. The second kappa shape index (κ2) is 5.54. The number of benzene rings is 1. The van der Waals surface area contributed by atoms with E-state index in [1.165, 1.54) is 0 Å². The molecule has 0 radical (unpaired) electrons. The van der Waals surface area contributed by atoms with Gasteiger partial charge in [0, 0.05) is 29.5 Å². The average Bonchev–Trinajstić information content (AvgIpc) is 2.85. The van der Waals surface area contributed by atoms with Gasteiger partial charge in [0.25, 0.3) is 0 Å². The Morgan fingerprint density at radius 3 is 2.33 bits per heavy atom. The molecule has 0 bridgehead atoms. The van der Waals surface area contributed by atoms with E-state index in [1.807, 2.05) is 17.0 Å². The first-order valence-electron chi connectivity index (χ1n) is 5.20. The lowest BCUT2D eigenvalue weighted by molar-refractivity contribution is 0.390. The summed E-state index contributed by atoms with van der Waals surface area (Å²) in [6.07, 6.45) is 5.56. The number of rotatable bonds is 4. The lowest BCUT2D eigenvalue weighted by atomic mass is 10.2. The molecular weight excluding hydrogens is 272 g/mol. The molecule has 96 valence electrons. The zero-order valence-electron chi connectivity index (χ0n) is 10.3. The van der Waals surface area contributed by atoms with Crippen LogP contribution >= 0.6 is 23.4 Å². The van der Waals surface area contributed by atoms with Crippen molar-refractivity contribution in [2.24, 2.45) is 0 Å². The van der Waals surface area contributed by atoms with E-state index in [-0.39, 0.29) is 0 Å². The van der Waals surface area contributed by atoms with Crippen molar-refractivity contribution < 1.29 is 9.47 Å². The van der Waals surface area contributed by atoms with Crippen LogP contribution in [0.3, 0.4) is 0 Å². The van der Waals surface area contributed by atoms with Gasteiger partial charge in [0.05, 0.1) is 14.2 Å². The molecule has 0 aliphatic carbocycles. The first-order chi connectivity index (χ1) is 8.71. The summed E-state index contributed by atoms with van der Waals surface area (Å²) in [5, 5.41) is 1.42. The highest BCUT2D eigenvalue weighted by atomic mass is 35.5. The van der Waals surface area contributed by atoms with E-state index in [1.54, 1.807) is 44.3 Å². The summed E-state index contributed by atoms with van der Waals surface area (Å²) >= 11 is 7.57. The van der Waals surface area contributed by atoms with E-state index < -0.39 is 0 Å². The van der Waals surface area contributed by atoms with Crippen LogP contribution in [0.4, 0.5) is 0 Å². The van der Waals surface area contributed by atoms with E-state index in [4.69, 9.17) is 21.1 Å². The average molecular weight is 285 g/mol. The van der Waals surface area contributed by atoms with Crippen LogP contribution in [0.1, 0.15) is 0 Å². The van der Waals surface area contributed by atoms with Gasteiger partial charge in [-0.25, -0.2) is 4.98 Å². The minimum Gasteiger partial charge on any atom is -0.494 e. The fourth-order valence-corrected chi connectivity index (χ4v) is 2.42. The first kappa shape index (κ1) is 13.1. The summed E-state index contributed by atoms with van der Waals surface area (Å²) in [4.78, 5) is 4.27. The number of ether oxygens (including phenoxy) is 2. The fraction of sp³-hybridized carbons (Fsp3) is 0.250. The first-order valence-corrected chi connectivity index (χ1v) is 6.80. The van der Waals surface area contributed by atoms with Gasteiger partial charge in [-0.1, -0.05) is 23.4 Å². The van der Waals surface area contributed by atoms with Crippen LogP contribution in [-0.4, -0.2) is 30.0 Å². The van der Waals surface area contributed by atoms with Crippen molar-refractivity contribution in [1.82, 2.24) is 9.55 Å². The van der Waals surface area contributed by atoms with Crippen LogP contribution < -0.4 is 9.47 Å². The third-order valence-electron chi connectivity index (χ3n) is 2.47. The van der Waals surface area contributed by atoms with Crippen molar-refractivity contribution in [2.75, 3.05) is 20.5 Å². The Morgan fingerprint density at radius 1 is 1.22 bits per heavy atom. The van der Waals surface area contributed by atoms with Gasteiger partial charge in [-0.3, -0.25) is 4.57 Å².